The van der Waals surface area contributed by atoms with Crippen LogP contribution < -0.4 is 0 Å². The third-order valence-electron chi connectivity index (χ3n) is 6.43. The monoisotopic (exact) mass is 442 g/mol. The number of halogens is 3. The third-order valence-corrected chi connectivity index (χ3v) is 6.43. The van der Waals surface area contributed by atoms with E-state index in [0.29, 0.717) is 6.04 Å². The summed E-state index contributed by atoms with van der Waals surface area (Å²) in [5.74, 6) is -2.58. The number of hydrogen-bond acceptors (Lipinski definition) is 4. The van der Waals surface area contributed by atoms with Gasteiger partial charge >= 0.3 is 12.1 Å². The Morgan fingerprint density at radius 1 is 1.10 bits per heavy atom. The van der Waals surface area contributed by atoms with Crippen LogP contribution in [0, 0.1) is 6.92 Å². The van der Waals surface area contributed by atoms with Gasteiger partial charge in [0.05, 0.1) is 12.2 Å². The molecule has 1 aromatic rings. The van der Waals surface area contributed by atoms with Gasteiger partial charge in [0.15, 0.2) is 0 Å². The number of piperidine rings is 1. The van der Waals surface area contributed by atoms with Gasteiger partial charge in [0.25, 0.3) is 5.91 Å². The summed E-state index contributed by atoms with van der Waals surface area (Å²) in [7, 11) is 0. The second-order valence-electron chi connectivity index (χ2n) is 8.51. The Balaban J connectivity index is 0.000000339. The first-order valence-corrected chi connectivity index (χ1v) is 10.6. The summed E-state index contributed by atoms with van der Waals surface area (Å²) >= 11 is 0. The normalized spacial score (nSPS) is 23.5. The Morgan fingerprint density at radius 3 is 2.23 bits per heavy atom. The summed E-state index contributed by atoms with van der Waals surface area (Å²) < 4.78 is 38.0. The number of benzene rings is 1. The molecule has 4 rings (SSSR count). The van der Waals surface area contributed by atoms with E-state index in [4.69, 9.17) is 14.6 Å². The Kier molecular flexibility index (Phi) is 7.26. The molecular formula is C22H29F3N2O4. The number of carbonyl (C=O) groups is 2. The standard InChI is InChI=1S/C20H28N2O2.C2HF3O2/c1-16-6-2-3-7-18(16)19(23)22-12-8-20(9-13-22)14-17(15-24-20)21-10-4-5-11-21;3-2(4,5)1(6)7/h2-3,6-7,17H,4-5,8-15H2,1H3;(H,6,7). The van der Waals surface area contributed by atoms with Crippen LogP contribution in [0.2, 0.25) is 0 Å². The van der Waals surface area contributed by atoms with Crippen molar-refractivity contribution >= 4 is 11.9 Å². The number of aliphatic carboxylic acids is 1. The molecule has 9 heteroatoms. The summed E-state index contributed by atoms with van der Waals surface area (Å²) in [6.07, 6.45) is 0.702. The number of rotatable bonds is 2. The molecule has 0 saturated carbocycles. The molecule has 0 aliphatic carbocycles. The van der Waals surface area contributed by atoms with Crippen LogP contribution in [0.5, 0.6) is 0 Å². The van der Waals surface area contributed by atoms with E-state index in [9.17, 15) is 18.0 Å². The molecule has 3 heterocycles. The highest BCUT2D eigenvalue weighted by Crippen LogP contribution is 2.38. The van der Waals surface area contributed by atoms with Crippen molar-refractivity contribution in [2.24, 2.45) is 0 Å². The van der Waals surface area contributed by atoms with Crippen molar-refractivity contribution < 1.29 is 32.6 Å². The summed E-state index contributed by atoms with van der Waals surface area (Å²) in [4.78, 5) is 26.3. The minimum Gasteiger partial charge on any atom is -0.475 e. The lowest BCUT2D eigenvalue weighted by atomic mass is 9.87. The number of carboxylic acids is 1. The van der Waals surface area contributed by atoms with Gasteiger partial charge in [-0.3, -0.25) is 9.69 Å². The van der Waals surface area contributed by atoms with Crippen LogP contribution in [-0.4, -0.2) is 77.4 Å². The molecule has 0 bridgehead atoms. The number of amides is 1. The molecule has 1 atom stereocenters. The molecule has 1 unspecified atom stereocenters. The van der Waals surface area contributed by atoms with Gasteiger partial charge in [-0.2, -0.15) is 13.2 Å². The number of carbonyl (C=O) groups excluding carboxylic acids is 1. The van der Waals surface area contributed by atoms with E-state index < -0.39 is 12.1 Å². The van der Waals surface area contributed by atoms with E-state index in [0.717, 1.165) is 50.1 Å². The number of likely N-dealkylation sites (tertiary alicyclic amines) is 2. The van der Waals surface area contributed by atoms with Crippen LogP contribution in [0.15, 0.2) is 24.3 Å². The van der Waals surface area contributed by atoms with Crippen LogP contribution >= 0.6 is 0 Å². The Labute approximate surface area is 180 Å². The first kappa shape index (κ1) is 23.5. The molecule has 3 fully saturated rings. The number of hydrogen-bond donors (Lipinski definition) is 1. The van der Waals surface area contributed by atoms with Crippen molar-refractivity contribution in [1.29, 1.82) is 0 Å². The molecule has 31 heavy (non-hydrogen) atoms. The van der Waals surface area contributed by atoms with Crippen molar-refractivity contribution in [3.8, 4) is 0 Å². The summed E-state index contributed by atoms with van der Waals surface area (Å²) in [5, 5.41) is 7.12. The summed E-state index contributed by atoms with van der Waals surface area (Å²) in [6, 6.07) is 8.50. The molecule has 3 aliphatic rings. The fourth-order valence-corrected chi connectivity index (χ4v) is 4.61. The zero-order valence-corrected chi connectivity index (χ0v) is 17.7. The maximum atomic E-state index is 12.8. The molecule has 0 radical (unpaired) electrons. The lowest BCUT2D eigenvalue weighted by Crippen LogP contribution is -2.47. The van der Waals surface area contributed by atoms with Crippen LogP contribution in [0.3, 0.4) is 0 Å². The van der Waals surface area contributed by atoms with E-state index in [1.807, 2.05) is 36.1 Å². The average molecular weight is 442 g/mol. The average Bonchev–Trinajstić information content (AvgIpc) is 3.39. The molecule has 6 nitrogen and oxygen atoms in total. The van der Waals surface area contributed by atoms with E-state index in [1.165, 1.54) is 25.9 Å². The van der Waals surface area contributed by atoms with Crippen LogP contribution in [-0.2, 0) is 9.53 Å². The molecule has 3 aliphatic heterocycles. The number of carboxylic acid groups (broad SMARTS) is 1. The first-order valence-electron chi connectivity index (χ1n) is 10.6. The van der Waals surface area contributed by atoms with Gasteiger partial charge in [-0.15, -0.1) is 0 Å². The topological polar surface area (TPSA) is 70.1 Å². The largest absolute Gasteiger partial charge is 0.490 e. The Hall–Kier alpha value is -2.13. The van der Waals surface area contributed by atoms with E-state index in [1.54, 1.807) is 0 Å². The quantitative estimate of drug-likeness (QED) is 0.760. The first-order chi connectivity index (χ1) is 14.6. The van der Waals surface area contributed by atoms with Gasteiger partial charge < -0.3 is 14.7 Å². The van der Waals surface area contributed by atoms with E-state index >= 15 is 0 Å². The van der Waals surface area contributed by atoms with Gasteiger partial charge in [-0.25, -0.2) is 4.79 Å². The lowest BCUT2D eigenvalue weighted by Gasteiger charge is -2.39. The lowest BCUT2D eigenvalue weighted by molar-refractivity contribution is -0.192. The fourth-order valence-electron chi connectivity index (χ4n) is 4.61. The predicted molar refractivity (Wildman–Crippen MR) is 108 cm³/mol. The van der Waals surface area contributed by atoms with Gasteiger partial charge in [0.2, 0.25) is 0 Å². The van der Waals surface area contributed by atoms with Crippen LogP contribution in [0.4, 0.5) is 13.2 Å². The minimum absolute atomic E-state index is 0.0236. The van der Waals surface area contributed by atoms with Gasteiger partial charge in [-0.1, -0.05) is 18.2 Å². The second-order valence-corrected chi connectivity index (χ2v) is 8.51. The number of nitrogens with zero attached hydrogens (tertiary/aromatic N) is 2. The Morgan fingerprint density at radius 2 is 1.68 bits per heavy atom. The minimum atomic E-state index is -5.08. The smallest absolute Gasteiger partial charge is 0.475 e. The van der Waals surface area contributed by atoms with E-state index in [-0.39, 0.29) is 11.5 Å². The summed E-state index contributed by atoms with van der Waals surface area (Å²) in [5.41, 5.74) is 1.93. The van der Waals surface area contributed by atoms with Gasteiger partial charge in [-0.05, 0) is 63.7 Å². The molecule has 1 amide bonds. The zero-order valence-electron chi connectivity index (χ0n) is 17.7. The molecule has 3 saturated heterocycles. The molecule has 1 aromatic carbocycles. The fraction of sp³-hybridized carbons (Fsp3) is 0.636. The number of aryl methyl sites for hydroxylation is 1. The van der Waals surface area contributed by atoms with Crippen molar-refractivity contribution in [3.63, 3.8) is 0 Å². The van der Waals surface area contributed by atoms with Crippen molar-refractivity contribution in [1.82, 2.24) is 9.80 Å². The van der Waals surface area contributed by atoms with Crippen molar-refractivity contribution in [2.75, 3.05) is 32.8 Å². The molecule has 1 N–H and O–H groups in total. The number of ether oxygens (including phenoxy) is 1. The molecule has 0 aromatic heterocycles. The highest BCUT2D eigenvalue weighted by molar-refractivity contribution is 5.95. The highest BCUT2D eigenvalue weighted by atomic mass is 19.4. The molecule has 1 spiro atoms. The van der Waals surface area contributed by atoms with Gasteiger partial charge in [0.1, 0.15) is 0 Å². The summed E-state index contributed by atoms with van der Waals surface area (Å²) in [6.45, 7) is 7.01. The van der Waals surface area contributed by atoms with Crippen molar-refractivity contribution in [3.05, 3.63) is 35.4 Å². The Bertz CT molecular complexity index is 785. The van der Waals surface area contributed by atoms with Crippen molar-refractivity contribution in [2.45, 2.75) is 56.8 Å². The SMILES string of the molecule is Cc1ccccc1C(=O)N1CCC2(CC1)CC(N1CCCC1)CO2.O=C(O)C(F)(F)F. The molecular weight excluding hydrogens is 413 g/mol. The third kappa shape index (κ3) is 5.77. The zero-order chi connectivity index (χ0) is 22.6. The van der Waals surface area contributed by atoms with E-state index in [2.05, 4.69) is 4.90 Å². The maximum Gasteiger partial charge on any atom is 0.490 e. The van der Waals surface area contributed by atoms with Gasteiger partial charge in [0, 0.05) is 24.7 Å². The number of alkyl halides is 3. The predicted octanol–water partition coefficient (Wildman–Crippen LogP) is 3.49. The molecule has 172 valence electrons. The van der Waals surface area contributed by atoms with Crippen LogP contribution in [0.1, 0.15) is 48.0 Å². The second kappa shape index (κ2) is 9.56. The van der Waals surface area contributed by atoms with Crippen LogP contribution in [0.25, 0.3) is 0 Å². The maximum absolute atomic E-state index is 12.8. The highest BCUT2D eigenvalue weighted by Gasteiger charge is 2.45.